The molecule has 0 radical (unpaired) electrons. The average molecular weight is 416 g/mol. The van der Waals surface area contributed by atoms with Gasteiger partial charge in [-0.2, -0.15) is 0 Å². The van der Waals surface area contributed by atoms with E-state index in [0.717, 1.165) is 18.4 Å². The molecular formula is C20H21FN4O3S. The maximum atomic E-state index is 14.2. The van der Waals surface area contributed by atoms with Crippen LogP contribution in [0.25, 0.3) is 10.3 Å². The van der Waals surface area contributed by atoms with Crippen molar-refractivity contribution in [3.05, 3.63) is 57.1 Å². The zero-order valence-corrected chi connectivity index (χ0v) is 17.0. The van der Waals surface area contributed by atoms with Crippen molar-refractivity contribution in [2.75, 3.05) is 6.54 Å². The molecule has 152 valence electrons. The smallest absolute Gasteiger partial charge is 0.410 e. The first-order chi connectivity index (χ1) is 13.8. The van der Waals surface area contributed by atoms with E-state index >= 15 is 0 Å². The van der Waals surface area contributed by atoms with Gasteiger partial charge in [0.1, 0.15) is 17.4 Å². The third-order valence-electron chi connectivity index (χ3n) is 4.83. The van der Waals surface area contributed by atoms with E-state index in [2.05, 4.69) is 15.0 Å². The van der Waals surface area contributed by atoms with Crippen molar-refractivity contribution in [1.82, 2.24) is 19.9 Å². The van der Waals surface area contributed by atoms with Crippen LogP contribution in [0.5, 0.6) is 0 Å². The number of aromatic amines is 1. The molecule has 3 heterocycles. The predicted molar refractivity (Wildman–Crippen MR) is 107 cm³/mol. The van der Waals surface area contributed by atoms with Crippen molar-refractivity contribution in [2.24, 2.45) is 0 Å². The molecule has 0 bridgehead atoms. The molecule has 4 rings (SSSR count). The highest BCUT2D eigenvalue weighted by Gasteiger charge is 2.34. The lowest BCUT2D eigenvalue weighted by molar-refractivity contribution is 0.0920. The molecule has 29 heavy (non-hydrogen) atoms. The molecule has 1 N–H and O–H groups in total. The van der Waals surface area contributed by atoms with E-state index in [4.69, 9.17) is 4.74 Å². The Kier molecular flexibility index (Phi) is 5.08. The van der Waals surface area contributed by atoms with Crippen molar-refractivity contribution in [1.29, 1.82) is 0 Å². The summed E-state index contributed by atoms with van der Waals surface area (Å²) in [6.07, 6.45) is 1.12. The van der Waals surface area contributed by atoms with Gasteiger partial charge in [-0.3, -0.25) is 9.69 Å². The van der Waals surface area contributed by atoms with Crippen molar-refractivity contribution < 1.29 is 13.9 Å². The van der Waals surface area contributed by atoms with Crippen LogP contribution in [0.1, 0.15) is 49.1 Å². The number of likely N-dealkylation sites (tertiary alicyclic amines) is 1. The van der Waals surface area contributed by atoms with Gasteiger partial charge in [0, 0.05) is 6.54 Å². The number of carbonyl (C=O) groups is 1. The highest BCUT2D eigenvalue weighted by Crippen LogP contribution is 2.36. The fourth-order valence-corrected chi connectivity index (χ4v) is 4.40. The minimum absolute atomic E-state index is 0.0317. The number of benzene rings is 1. The monoisotopic (exact) mass is 416 g/mol. The Balaban J connectivity index is 1.56. The number of thiazole rings is 1. The lowest BCUT2D eigenvalue weighted by Gasteiger charge is -2.22. The molecule has 7 nitrogen and oxygen atoms in total. The quantitative estimate of drug-likeness (QED) is 0.693. The molecular weight excluding hydrogens is 395 g/mol. The van der Waals surface area contributed by atoms with Gasteiger partial charge in [0.05, 0.1) is 6.04 Å². The highest BCUT2D eigenvalue weighted by molar-refractivity contribution is 7.18. The number of H-pyrrole nitrogens is 1. The Labute approximate surface area is 170 Å². The van der Waals surface area contributed by atoms with E-state index in [9.17, 15) is 14.0 Å². The normalized spacial score (nSPS) is 17.1. The summed E-state index contributed by atoms with van der Waals surface area (Å²) >= 11 is 1.22. The number of amides is 1. The Morgan fingerprint density at radius 3 is 2.83 bits per heavy atom. The molecule has 0 saturated carbocycles. The standard InChI is InChI=1S/C20H21FN4O3S/c1-20(2,21)18-23-15(26)14-17(24-18)29-16(22-14)13-9-6-10-25(13)19(27)28-11-12-7-4-3-5-8-12/h3-5,7-8,13H,6,9-11H2,1-2H3,(H,23,24,26). The minimum Gasteiger partial charge on any atom is -0.445 e. The van der Waals surface area contributed by atoms with Gasteiger partial charge in [0.2, 0.25) is 0 Å². The van der Waals surface area contributed by atoms with Crippen LogP contribution in [0, 0.1) is 0 Å². The molecule has 1 unspecified atom stereocenters. The maximum absolute atomic E-state index is 14.2. The van der Waals surface area contributed by atoms with Crippen LogP contribution in [0.15, 0.2) is 35.1 Å². The van der Waals surface area contributed by atoms with E-state index in [1.54, 1.807) is 4.90 Å². The zero-order valence-electron chi connectivity index (χ0n) is 16.1. The maximum Gasteiger partial charge on any atom is 0.410 e. The molecule has 0 spiro atoms. The first-order valence-corrected chi connectivity index (χ1v) is 10.2. The van der Waals surface area contributed by atoms with Crippen molar-refractivity contribution in [3.63, 3.8) is 0 Å². The van der Waals surface area contributed by atoms with Crippen LogP contribution in [0.3, 0.4) is 0 Å². The largest absolute Gasteiger partial charge is 0.445 e. The first-order valence-electron chi connectivity index (χ1n) is 9.40. The number of rotatable bonds is 4. The second-order valence-corrected chi connectivity index (χ2v) is 8.49. The number of alkyl halides is 1. The van der Waals surface area contributed by atoms with E-state index in [1.165, 1.54) is 25.2 Å². The number of nitrogens with one attached hydrogen (secondary N) is 1. The first kappa shape index (κ1) is 19.5. The summed E-state index contributed by atoms with van der Waals surface area (Å²) in [4.78, 5) is 38.1. The Bertz CT molecular complexity index is 1090. The number of ether oxygens (including phenoxy) is 1. The number of aromatic nitrogens is 3. The SMILES string of the molecule is CC(C)(F)c1nc2sc(C3CCCN3C(=O)OCc3ccccc3)nc2c(=O)[nH]1. The zero-order chi connectivity index (χ0) is 20.6. The lowest BCUT2D eigenvalue weighted by Crippen LogP contribution is -2.31. The molecule has 1 aliphatic heterocycles. The summed E-state index contributed by atoms with van der Waals surface area (Å²) in [5, 5.41) is 0.612. The minimum atomic E-state index is -1.77. The van der Waals surface area contributed by atoms with E-state index < -0.39 is 17.3 Å². The fourth-order valence-electron chi connectivity index (χ4n) is 3.32. The third kappa shape index (κ3) is 4.00. The van der Waals surface area contributed by atoms with Crippen molar-refractivity contribution in [3.8, 4) is 0 Å². The van der Waals surface area contributed by atoms with Crippen molar-refractivity contribution >= 4 is 27.8 Å². The second-order valence-electron chi connectivity index (χ2n) is 7.48. The Morgan fingerprint density at radius 2 is 2.10 bits per heavy atom. The summed E-state index contributed by atoms with van der Waals surface area (Å²) in [5.74, 6) is -0.0317. The third-order valence-corrected chi connectivity index (χ3v) is 5.88. The number of halogens is 1. The van der Waals surface area contributed by atoms with Gasteiger partial charge in [-0.25, -0.2) is 19.2 Å². The molecule has 1 saturated heterocycles. The molecule has 2 aromatic heterocycles. The molecule has 1 fully saturated rings. The molecule has 9 heteroatoms. The van der Waals surface area contributed by atoms with Crippen LogP contribution >= 0.6 is 11.3 Å². The molecule has 0 aliphatic carbocycles. The van der Waals surface area contributed by atoms with Gasteiger partial charge >= 0.3 is 6.09 Å². The number of fused-ring (bicyclic) bond motifs is 1. The van der Waals surface area contributed by atoms with Gasteiger partial charge in [0.25, 0.3) is 5.56 Å². The van der Waals surface area contributed by atoms with Gasteiger partial charge < -0.3 is 9.72 Å². The van der Waals surface area contributed by atoms with Crippen molar-refractivity contribution in [2.45, 2.75) is 45.0 Å². The topological polar surface area (TPSA) is 88.2 Å². The Hall–Kier alpha value is -2.81. The molecule has 1 amide bonds. The van der Waals surface area contributed by atoms with Gasteiger partial charge in [0.15, 0.2) is 16.0 Å². The van der Waals surface area contributed by atoms with E-state index in [0.29, 0.717) is 16.4 Å². The van der Waals surface area contributed by atoms with Crippen LogP contribution in [-0.2, 0) is 17.0 Å². The summed E-state index contributed by atoms with van der Waals surface area (Å²) in [6, 6.07) is 9.19. The number of hydrogen-bond acceptors (Lipinski definition) is 6. The fraction of sp³-hybridized carbons (Fsp3) is 0.400. The van der Waals surface area contributed by atoms with E-state index in [1.807, 2.05) is 30.3 Å². The molecule has 1 aliphatic rings. The summed E-state index contributed by atoms with van der Waals surface area (Å²) in [6.45, 7) is 3.42. The van der Waals surface area contributed by atoms with Crippen LogP contribution < -0.4 is 5.56 Å². The van der Waals surface area contributed by atoms with Crippen LogP contribution in [0.2, 0.25) is 0 Å². The van der Waals surface area contributed by atoms with Crippen LogP contribution in [0.4, 0.5) is 9.18 Å². The molecule has 3 aromatic rings. The predicted octanol–water partition coefficient (Wildman–Crippen LogP) is 4.06. The summed E-state index contributed by atoms with van der Waals surface area (Å²) < 4.78 is 19.7. The summed E-state index contributed by atoms with van der Waals surface area (Å²) in [5.41, 5.74) is -1.16. The summed E-state index contributed by atoms with van der Waals surface area (Å²) in [7, 11) is 0. The van der Waals surface area contributed by atoms with E-state index in [-0.39, 0.29) is 24.0 Å². The number of carbonyl (C=O) groups excluding carboxylic acids is 1. The average Bonchev–Trinajstić information content (AvgIpc) is 3.33. The van der Waals surface area contributed by atoms with Gasteiger partial charge in [-0.05, 0) is 32.3 Å². The van der Waals surface area contributed by atoms with Crippen LogP contribution in [-0.4, -0.2) is 32.5 Å². The molecule has 1 aromatic carbocycles. The highest BCUT2D eigenvalue weighted by atomic mass is 32.1. The second kappa shape index (κ2) is 7.55. The number of hydrogen-bond donors (Lipinski definition) is 1. The van der Waals surface area contributed by atoms with Gasteiger partial charge in [-0.15, -0.1) is 0 Å². The lowest BCUT2D eigenvalue weighted by atomic mass is 10.1. The number of nitrogens with zero attached hydrogens (tertiary/aromatic N) is 3. The molecule has 1 atom stereocenters. The van der Waals surface area contributed by atoms with Gasteiger partial charge in [-0.1, -0.05) is 41.7 Å². The Morgan fingerprint density at radius 1 is 1.34 bits per heavy atom.